The number of pyridine rings is 1. The van der Waals surface area contributed by atoms with Crippen molar-refractivity contribution in [3.63, 3.8) is 0 Å². The van der Waals surface area contributed by atoms with Crippen molar-refractivity contribution in [3.8, 4) is 0 Å². The Balaban J connectivity index is 0.00000144. The largest absolute Gasteiger partial charge is 1.00 e. The summed E-state index contributed by atoms with van der Waals surface area (Å²) in [4.78, 5) is 18.8. The molecule has 0 saturated heterocycles. The van der Waals surface area contributed by atoms with Crippen molar-refractivity contribution in [3.05, 3.63) is 47.9 Å². The molecule has 106 valence electrons. The molecule has 0 radical (unpaired) electrons. The van der Waals surface area contributed by atoms with Crippen molar-refractivity contribution >= 4 is 11.6 Å². The van der Waals surface area contributed by atoms with Gasteiger partial charge in [0, 0.05) is 12.4 Å². The van der Waals surface area contributed by atoms with Gasteiger partial charge in [-0.2, -0.15) is 0 Å². The number of hydrogen-bond donors (Lipinski definition) is 0. The van der Waals surface area contributed by atoms with Crippen molar-refractivity contribution in [2.45, 2.75) is 25.3 Å². The van der Waals surface area contributed by atoms with Gasteiger partial charge in [0.1, 0.15) is 17.9 Å². The molecule has 3 heterocycles. The van der Waals surface area contributed by atoms with E-state index in [-0.39, 0.29) is 24.7 Å². The van der Waals surface area contributed by atoms with E-state index in [2.05, 4.69) is 27.3 Å². The molecule has 0 bridgehead atoms. The summed E-state index contributed by atoms with van der Waals surface area (Å²) in [6.07, 6.45) is 7.93. The van der Waals surface area contributed by atoms with E-state index in [4.69, 9.17) is 0 Å². The van der Waals surface area contributed by atoms with E-state index in [1.165, 1.54) is 29.4 Å². The van der Waals surface area contributed by atoms with Crippen LogP contribution in [0.3, 0.4) is 0 Å². The summed E-state index contributed by atoms with van der Waals surface area (Å²) < 4.78 is 3.44. The minimum absolute atomic E-state index is 0. The molecule has 3 aromatic heterocycles. The molecular formula is C14H12LiN5O2. The number of carbonyl (C=O) groups is 1. The maximum Gasteiger partial charge on any atom is 1.00 e. The zero-order chi connectivity index (χ0) is 14.4. The molecule has 0 N–H and O–H groups in total. The van der Waals surface area contributed by atoms with Crippen LogP contribution in [0.15, 0.2) is 30.9 Å². The number of rotatable bonds is 4. The maximum atomic E-state index is 10.6. The minimum Gasteiger partial charge on any atom is -0.541 e. The number of carboxylic acid groups (broad SMARTS) is 1. The molecule has 0 spiro atoms. The Morgan fingerprint density at radius 1 is 1.32 bits per heavy atom. The van der Waals surface area contributed by atoms with E-state index in [0.717, 1.165) is 11.3 Å². The summed E-state index contributed by atoms with van der Waals surface area (Å²) in [6, 6.07) is 4.12. The van der Waals surface area contributed by atoms with Crippen LogP contribution in [-0.2, 0) is 6.54 Å². The zero-order valence-electron chi connectivity index (χ0n) is 12.1. The summed E-state index contributed by atoms with van der Waals surface area (Å²) in [7, 11) is 0. The van der Waals surface area contributed by atoms with Gasteiger partial charge in [0.25, 0.3) is 0 Å². The van der Waals surface area contributed by atoms with Gasteiger partial charge < -0.3 is 14.3 Å². The number of aromatic nitrogens is 5. The molecule has 1 aliphatic carbocycles. The van der Waals surface area contributed by atoms with Crippen LogP contribution < -0.4 is 24.0 Å². The summed E-state index contributed by atoms with van der Waals surface area (Å²) >= 11 is 0. The second kappa shape index (κ2) is 5.59. The number of fused-ring (bicyclic) bond motifs is 1. The van der Waals surface area contributed by atoms with Crippen LogP contribution in [0.25, 0.3) is 5.65 Å². The van der Waals surface area contributed by atoms with Crippen molar-refractivity contribution in [2.24, 2.45) is 0 Å². The monoisotopic (exact) mass is 289 g/mol. The first-order chi connectivity index (χ1) is 10.2. The average molecular weight is 289 g/mol. The third-order valence-corrected chi connectivity index (χ3v) is 3.62. The number of imidazole rings is 1. The predicted octanol–water partition coefficient (Wildman–Crippen LogP) is -2.78. The molecule has 0 amide bonds. The Labute approximate surface area is 138 Å². The van der Waals surface area contributed by atoms with Gasteiger partial charge in [-0.25, -0.2) is 14.6 Å². The van der Waals surface area contributed by atoms with Gasteiger partial charge in [-0.05, 0) is 30.4 Å². The third kappa shape index (κ3) is 2.78. The van der Waals surface area contributed by atoms with Crippen molar-refractivity contribution in [1.82, 2.24) is 24.1 Å². The normalized spacial score (nSPS) is 14.0. The number of aromatic carboxylic acids is 1. The van der Waals surface area contributed by atoms with E-state index in [0.29, 0.717) is 12.5 Å². The molecule has 0 aliphatic heterocycles. The van der Waals surface area contributed by atoms with Gasteiger partial charge in [-0.15, -0.1) is 5.10 Å². The number of carboxylic acids is 1. The molecule has 0 atom stereocenters. The Kier molecular flexibility index (Phi) is 3.77. The summed E-state index contributed by atoms with van der Waals surface area (Å²) in [5.41, 5.74) is 3.01. The standard InChI is InChI=1S/C14H13N5O2.Li/c20-14(21)13-15-8-19(17-13)7-11-6-18-5-10(9-1-2-9)3-4-12(18)16-11;/h3-6,8-9H,1-2,7H2,(H,20,21);/q;+1/p-1. The fourth-order valence-corrected chi connectivity index (χ4v) is 2.43. The first-order valence-electron chi connectivity index (χ1n) is 6.77. The molecule has 22 heavy (non-hydrogen) atoms. The van der Waals surface area contributed by atoms with E-state index >= 15 is 0 Å². The fourth-order valence-electron chi connectivity index (χ4n) is 2.43. The van der Waals surface area contributed by atoms with Crippen LogP contribution in [0.5, 0.6) is 0 Å². The Morgan fingerprint density at radius 3 is 2.82 bits per heavy atom. The summed E-state index contributed by atoms with van der Waals surface area (Å²) in [5.74, 6) is -0.992. The van der Waals surface area contributed by atoms with E-state index in [1.807, 2.05) is 16.7 Å². The zero-order valence-corrected chi connectivity index (χ0v) is 12.1. The van der Waals surface area contributed by atoms with Crippen molar-refractivity contribution in [1.29, 1.82) is 0 Å². The van der Waals surface area contributed by atoms with Crippen LogP contribution in [-0.4, -0.2) is 30.1 Å². The first kappa shape index (κ1) is 14.8. The quantitative estimate of drug-likeness (QED) is 0.485. The Hall–Kier alpha value is -2.10. The molecule has 1 aliphatic rings. The van der Waals surface area contributed by atoms with Gasteiger partial charge in [-0.1, -0.05) is 6.07 Å². The van der Waals surface area contributed by atoms with Crippen molar-refractivity contribution in [2.75, 3.05) is 0 Å². The molecule has 1 fully saturated rings. The third-order valence-electron chi connectivity index (χ3n) is 3.62. The van der Waals surface area contributed by atoms with Crippen LogP contribution in [0.2, 0.25) is 0 Å². The van der Waals surface area contributed by atoms with Gasteiger partial charge in [-0.3, -0.25) is 0 Å². The van der Waals surface area contributed by atoms with Crippen LogP contribution in [0, 0.1) is 0 Å². The number of carbonyl (C=O) groups excluding carboxylic acids is 1. The molecule has 0 unspecified atom stereocenters. The van der Waals surface area contributed by atoms with E-state index < -0.39 is 5.97 Å². The van der Waals surface area contributed by atoms with Gasteiger partial charge in [0.15, 0.2) is 5.82 Å². The van der Waals surface area contributed by atoms with Crippen LogP contribution in [0.4, 0.5) is 0 Å². The van der Waals surface area contributed by atoms with Gasteiger partial charge in [0.2, 0.25) is 0 Å². The summed E-state index contributed by atoms with van der Waals surface area (Å²) in [6.45, 7) is 0.376. The van der Waals surface area contributed by atoms with Crippen molar-refractivity contribution < 1.29 is 28.8 Å². The molecule has 1 saturated carbocycles. The van der Waals surface area contributed by atoms with Gasteiger partial charge >= 0.3 is 18.9 Å². The average Bonchev–Trinajstić information content (AvgIpc) is 3.07. The molecule has 4 rings (SSSR count). The fraction of sp³-hybridized carbons (Fsp3) is 0.286. The Bertz CT molecular complexity index is 837. The van der Waals surface area contributed by atoms with E-state index in [1.54, 1.807) is 0 Å². The topological polar surface area (TPSA) is 88.1 Å². The maximum absolute atomic E-state index is 10.6. The first-order valence-corrected chi connectivity index (χ1v) is 6.77. The predicted molar refractivity (Wildman–Crippen MR) is 70.6 cm³/mol. The molecule has 3 aromatic rings. The number of hydrogen-bond acceptors (Lipinski definition) is 5. The molecular weight excluding hydrogens is 277 g/mol. The second-order valence-electron chi connectivity index (χ2n) is 5.29. The smallest absolute Gasteiger partial charge is 0.541 e. The Morgan fingerprint density at radius 2 is 2.14 bits per heavy atom. The molecule has 7 nitrogen and oxygen atoms in total. The van der Waals surface area contributed by atoms with E-state index in [9.17, 15) is 9.90 Å². The second-order valence-corrected chi connectivity index (χ2v) is 5.29. The minimum atomic E-state index is -1.38. The van der Waals surface area contributed by atoms with Crippen LogP contribution in [0.1, 0.15) is 40.6 Å². The number of nitrogens with zero attached hydrogens (tertiary/aromatic N) is 5. The molecule has 0 aromatic carbocycles. The molecule has 8 heteroatoms. The van der Waals surface area contributed by atoms with Crippen LogP contribution >= 0.6 is 0 Å². The summed E-state index contributed by atoms with van der Waals surface area (Å²) in [5, 5.41) is 14.5. The SMILES string of the molecule is O=C([O-])c1ncn(Cc2cn3cc(C4CC4)ccc3n2)n1.[Li+]. The van der Waals surface area contributed by atoms with Gasteiger partial charge in [0.05, 0.1) is 12.2 Å².